The second kappa shape index (κ2) is 7.50. The molecule has 0 saturated carbocycles. The summed E-state index contributed by atoms with van der Waals surface area (Å²) in [5, 5.41) is 16.4. The van der Waals surface area contributed by atoms with Gasteiger partial charge in [0.25, 0.3) is 0 Å². The van der Waals surface area contributed by atoms with E-state index in [2.05, 4.69) is 5.10 Å². The lowest BCUT2D eigenvalue weighted by atomic mass is 10.0. The molecule has 0 radical (unpaired) electrons. The first-order valence-electron chi connectivity index (χ1n) is 9.31. The molecule has 0 aliphatic rings. The molecule has 29 heavy (non-hydrogen) atoms. The second-order valence-electron chi connectivity index (χ2n) is 6.77. The minimum atomic E-state index is -0.989. The minimum Gasteiger partial charge on any atom is -0.465 e. The molecule has 0 spiro atoms. The van der Waals surface area contributed by atoms with Crippen LogP contribution in [0.4, 0.5) is 13.6 Å². The smallest absolute Gasteiger partial charge is 0.407 e. The van der Waals surface area contributed by atoms with Gasteiger partial charge in [0.15, 0.2) is 0 Å². The highest BCUT2D eigenvalue weighted by atomic mass is 19.1. The fourth-order valence-corrected chi connectivity index (χ4v) is 3.61. The van der Waals surface area contributed by atoms with E-state index >= 15 is 0 Å². The predicted molar refractivity (Wildman–Crippen MR) is 107 cm³/mol. The van der Waals surface area contributed by atoms with Crippen LogP contribution in [0.25, 0.3) is 27.4 Å². The van der Waals surface area contributed by atoms with E-state index in [1.807, 2.05) is 12.1 Å². The number of hydrogen-bond acceptors (Lipinski definition) is 2. The Morgan fingerprint density at radius 3 is 2.48 bits per heavy atom. The maximum Gasteiger partial charge on any atom is 0.407 e. The first-order chi connectivity index (χ1) is 14.0. The molecule has 0 bridgehead atoms. The van der Waals surface area contributed by atoms with Gasteiger partial charge in [0, 0.05) is 24.9 Å². The number of carboxylic acid groups (broad SMARTS) is 1. The molecule has 0 unspecified atom stereocenters. The van der Waals surface area contributed by atoms with Crippen LogP contribution in [0.1, 0.15) is 12.6 Å². The van der Waals surface area contributed by atoms with Crippen LogP contribution in [0.5, 0.6) is 0 Å². The highest BCUT2D eigenvalue weighted by molar-refractivity contribution is 6.07. The van der Waals surface area contributed by atoms with Crippen LogP contribution < -0.4 is 0 Å². The van der Waals surface area contributed by atoms with E-state index in [0.29, 0.717) is 24.2 Å². The fourth-order valence-electron chi connectivity index (χ4n) is 3.61. The zero-order chi connectivity index (χ0) is 20.5. The number of benzene rings is 3. The van der Waals surface area contributed by atoms with E-state index in [-0.39, 0.29) is 18.2 Å². The molecule has 1 N–H and O–H groups in total. The summed E-state index contributed by atoms with van der Waals surface area (Å²) in [4.78, 5) is 12.7. The molecule has 0 atom stereocenters. The van der Waals surface area contributed by atoms with E-state index < -0.39 is 6.09 Å². The number of amides is 1. The van der Waals surface area contributed by atoms with Gasteiger partial charge in [-0.3, -0.25) is 0 Å². The SMILES string of the molecule is CCN(CCc1c2c(ccc3cc(F)ccc32)nn1-c1ccc(F)cc1)C(=O)O. The summed E-state index contributed by atoms with van der Waals surface area (Å²) in [6.07, 6.45) is -0.582. The van der Waals surface area contributed by atoms with Crippen molar-refractivity contribution >= 4 is 27.8 Å². The third-order valence-electron chi connectivity index (χ3n) is 5.05. The zero-order valence-corrected chi connectivity index (χ0v) is 15.8. The Balaban J connectivity index is 1.92. The van der Waals surface area contributed by atoms with Crippen LogP contribution in [-0.4, -0.2) is 39.0 Å². The number of likely N-dealkylation sites (N-methyl/N-ethyl adjacent to an activating group) is 1. The number of fused-ring (bicyclic) bond motifs is 3. The molecule has 4 rings (SSSR count). The number of rotatable bonds is 5. The summed E-state index contributed by atoms with van der Waals surface area (Å²) in [5.74, 6) is -0.677. The lowest BCUT2D eigenvalue weighted by Gasteiger charge is -2.17. The van der Waals surface area contributed by atoms with Gasteiger partial charge in [-0.15, -0.1) is 0 Å². The van der Waals surface area contributed by atoms with Gasteiger partial charge >= 0.3 is 6.09 Å². The molecule has 1 amide bonds. The van der Waals surface area contributed by atoms with Crippen molar-refractivity contribution in [3.05, 3.63) is 71.9 Å². The molecule has 0 aliphatic heterocycles. The molecule has 3 aromatic carbocycles. The first-order valence-corrected chi connectivity index (χ1v) is 9.31. The maximum absolute atomic E-state index is 13.7. The van der Waals surface area contributed by atoms with E-state index in [1.54, 1.807) is 29.8 Å². The molecular formula is C22H19F2N3O2. The fraction of sp³-hybridized carbons (Fsp3) is 0.182. The average molecular weight is 395 g/mol. The summed E-state index contributed by atoms with van der Waals surface area (Å²) >= 11 is 0. The standard InChI is InChI=1S/C22H19F2N3O2/c1-2-26(22(28)29)12-11-20-21-18-9-6-16(24)13-14(18)3-10-19(21)25-27(20)17-7-4-15(23)5-8-17/h3-10,13H,2,11-12H2,1H3,(H,28,29). The third-order valence-corrected chi connectivity index (χ3v) is 5.05. The zero-order valence-electron chi connectivity index (χ0n) is 15.8. The van der Waals surface area contributed by atoms with Crippen LogP contribution in [0, 0.1) is 11.6 Å². The van der Waals surface area contributed by atoms with Crippen molar-refractivity contribution in [1.29, 1.82) is 0 Å². The molecule has 1 aromatic heterocycles. The van der Waals surface area contributed by atoms with Gasteiger partial charge in [0.2, 0.25) is 0 Å². The van der Waals surface area contributed by atoms with Crippen molar-refractivity contribution < 1.29 is 18.7 Å². The Hall–Kier alpha value is -3.48. The van der Waals surface area contributed by atoms with Gasteiger partial charge in [-0.2, -0.15) is 5.10 Å². The van der Waals surface area contributed by atoms with E-state index in [1.165, 1.54) is 29.2 Å². The molecule has 0 saturated heterocycles. The monoisotopic (exact) mass is 395 g/mol. The average Bonchev–Trinajstić information content (AvgIpc) is 3.07. The van der Waals surface area contributed by atoms with Crippen LogP contribution in [0.15, 0.2) is 54.6 Å². The second-order valence-corrected chi connectivity index (χ2v) is 6.77. The number of carbonyl (C=O) groups is 1. The molecular weight excluding hydrogens is 376 g/mol. The van der Waals surface area contributed by atoms with Crippen LogP contribution in [-0.2, 0) is 6.42 Å². The summed E-state index contributed by atoms with van der Waals surface area (Å²) in [6.45, 7) is 2.43. The summed E-state index contributed by atoms with van der Waals surface area (Å²) in [7, 11) is 0. The lowest BCUT2D eigenvalue weighted by Crippen LogP contribution is -2.31. The highest BCUT2D eigenvalue weighted by Gasteiger charge is 2.18. The quantitative estimate of drug-likeness (QED) is 0.517. The normalized spacial score (nSPS) is 11.3. The molecule has 5 nitrogen and oxygen atoms in total. The van der Waals surface area contributed by atoms with Crippen LogP contribution in [0.2, 0.25) is 0 Å². The molecule has 148 valence electrons. The van der Waals surface area contributed by atoms with Crippen LogP contribution >= 0.6 is 0 Å². The van der Waals surface area contributed by atoms with Gasteiger partial charge in [-0.05, 0) is 60.2 Å². The molecule has 0 aliphatic carbocycles. The molecule has 7 heteroatoms. The first kappa shape index (κ1) is 18.9. The van der Waals surface area contributed by atoms with Crippen molar-refractivity contribution in [3.63, 3.8) is 0 Å². The van der Waals surface area contributed by atoms with Gasteiger partial charge in [0.05, 0.1) is 16.9 Å². The van der Waals surface area contributed by atoms with E-state index in [9.17, 15) is 18.7 Å². The van der Waals surface area contributed by atoms with Crippen molar-refractivity contribution in [2.45, 2.75) is 13.3 Å². The molecule has 1 heterocycles. The Bertz CT molecular complexity index is 1200. The number of aromatic nitrogens is 2. The Kier molecular flexibility index (Phi) is 4.88. The van der Waals surface area contributed by atoms with Gasteiger partial charge < -0.3 is 10.0 Å². The van der Waals surface area contributed by atoms with Crippen molar-refractivity contribution in [1.82, 2.24) is 14.7 Å². The lowest BCUT2D eigenvalue weighted by molar-refractivity contribution is 0.148. The minimum absolute atomic E-state index is 0.283. The maximum atomic E-state index is 13.7. The van der Waals surface area contributed by atoms with Gasteiger partial charge in [-0.1, -0.05) is 12.1 Å². The van der Waals surface area contributed by atoms with Crippen molar-refractivity contribution in [2.24, 2.45) is 0 Å². The summed E-state index contributed by atoms with van der Waals surface area (Å²) in [5.41, 5.74) is 2.18. The summed E-state index contributed by atoms with van der Waals surface area (Å²) in [6, 6.07) is 14.2. The highest BCUT2D eigenvalue weighted by Crippen LogP contribution is 2.31. The molecule has 4 aromatic rings. The van der Waals surface area contributed by atoms with Gasteiger partial charge in [0.1, 0.15) is 11.6 Å². The molecule has 0 fully saturated rings. The van der Waals surface area contributed by atoms with Crippen LogP contribution in [0.3, 0.4) is 0 Å². The van der Waals surface area contributed by atoms with E-state index in [4.69, 9.17) is 0 Å². The largest absolute Gasteiger partial charge is 0.465 e. The Morgan fingerprint density at radius 2 is 1.79 bits per heavy atom. The summed E-state index contributed by atoms with van der Waals surface area (Å²) < 4.78 is 28.8. The van der Waals surface area contributed by atoms with Gasteiger partial charge in [-0.25, -0.2) is 18.3 Å². The predicted octanol–water partition coefficient (Wildman–Crippen LogP) is 5.00. The number of halogens is 2. The topological polar surface area (TPSA) is 58.4 Å². The van der Waals surface area contributed by atoms with Crippen molar-refractivity contribution in [2.75, 3.05) is 13.1 Å². The third kappa shape index (κ3) is 3.51. The number of nitrogens with zero attached hydrogens (tertiary/aromatic N) is 3. The van der Waals surface area contributed by atoms with Crippen molar-refractivity contribution in [3.8, 4) is 5.69 Å². The Morgan fingerprint density at radius 1 is 1.07 bits per heavy atom. The van der Waals surface area contributed by atoms with E-state index in [0.717, 1.165) is 21.9 Å². The number of hydrogen-bond donors (Lipinski definition) is 1. The Labute approximate surface area is 165 Å².